The number of rotatable bonds is 5. The highest BCUT2D eigenvalue weighted by Gasteiger charge is 2.38. The smallest absolute Gasteiger partial charge is 0.337 e. The molecule has 1 aliphatic carbocycles. The molecule has 0 N–H and O–H groups in total. The summed E-state index contributed by atoms with van der Waals surface area (Å²) in [4.78, 5) is 42.5. The van der Waals surface area contributed by atoms with E-state index in [1.54, 1.807) is 6.07 Å². The fourth-order valence-electron chi connectivity index (χ4n) is 4.21. The number of nitrogens with zero attached hydrogens (tertiary/aromatic N) is 2. The summed E-state index contributed by atoms with van der Waals surface area (Å²) in [5.41, 5.74) is 0.315. The van der Waals surface area contributed by atoms with E-state index < -0.39 is 17.4 Å². The van der Waals surface area contributed by atoms with Crippen LogP contribution in [0.5, 0.6) is 0 Å². The van der Waals surface area contributed by atoms with Crippen molar-refractivity contribution in [1.82, 2.24) is 9.55 Å². The molecule has 1 aromatic heterocycles. The minimum atomic E-state index is -0.539. The lowest BCUT2D eigenvalue weighted by atomic mass is 9.73. The summed E-state index contributed by atoms with van der Waals surface area (Å²) in [6, 6.07) is 10.2. The van der Waals surface area contributed by atoms with Crippen molar-refractivity contribution in [2.24, 2.45) is 11.8 Å². The quantitative estimate of drug-likeness (QED) is 0.523. The van der Waals surface area contributed by atoms with Gasteiger partial charge >= 0.3 is 11.9 Å². The van der Waals surface area contributed by atoms with E-state index in [1.165, 1.54) is 48.1 Å². The van der Waals surface area contributed by atoms with E-state index in [-0.39, 0.29) is 23.4 Å². The fraction of sp³-hybridized carbons (Fsp3) is 0.385. The molecule has 1 saturated carbocycles. The SMILES string of the molecule is COC(=O)c1ccc2c(=O)n(-c3ccc(F)cc3)c(CC3CC(C(=O)OC(C)(C)C)C3)nc2c1. The minimum absolute atomic E-state index is 0.136. The maximum Gasteiger partial charge on any atom is 0.337 e. The monoisotopic (exact) mass is 466 g/mol. The van der Waals surface area contributed by atoms with Crippen LogP contribution >= 0.6 is 0 Å². The Kier molecular flexibility index (Phi) is 6.25. The fourth-order valence-corrected chi connectivity index (χ4v) is 4.21. The molecule has 0 unspecified atom stereocenters. The molecule has 8 heteroatoms. The number of methoxy groups -OCH3 is 1. The van der Waals surface area contributed by atoms with Crippen molar-refractivity contribution in [3.8, 4) is 5.69 Å². The summed E-state index contributed by atoms with van der Waals surface area (Å²) < 4.78 is 25.3. The van der Waals surface area contributed by atoms with E-state index in [2.05, 4.69) is 0 Å². The molecule has 0 saturated heterocycles. The predicted molar refractivity (Wildman–Crippen MR) is 124 cm³/mol. The number of carbonyl (C=O) groups is 2. The predicted octanol–water partition coefficient (Wildman–Crippen LogP) is 4.22. The number of hydrogen-bond acceptors (Lipinski definition) is 6. The number of fused-ring (bicyclic) bond motifs is 1. The molecule has 178 valence electrons. The Morgan fingerprint density at radius 2 is 1.79 bits per heavy atom. The maximum absolute atomic E-state index is 13.5. The van der Waals surface area contributed by atoms with Gasteiger partial charge in [0.1, 0.15) is 17.2 Å². The van der Waals surface area contributed by atoms with Gasteiger partial charge in [-0.2, -0.15) is 0 Å². The van der Waals surface area contributed by atoms with E-state index in [9.17, 15) is 18.8 Å². The molecular weight excluding hydrogens is 439 g/mol. The van der Waals surface area contributed by atoms with Crippen LogP contribution in [0, 0.1) is 17.7 Å². The summed E-state index contributed by atoms with van der Waals surface area (Å²) in [7, 11) is 1.29. The van der Waals surface area contributed by atoms with Gasteiger partial charge in [-0.1, -0.05) is 0 Å². The summed E-state index contributed by atoms with van der Waals surface area (Å²) in [6.45, 7) is 5.51. The second kappa shape index (κ2) is 9.00. The lowest BCUT2D eigenvalue weighted by Crippen LogP contribution is -2.37. The van der Waals surface area contributed by atoms with Crippen molar-refractivity contribution in [2.75, 3.05) is 7.11 Å². The third kappa shape index (κ3) is 4.85. The first-order chi connectivity index (χ1) is 16.1. The van der Waals surface area contributed by atoms with Gasteiger partial charge in [0.05, 0.1) is 35.2 Å². The number of aromatic nitrogens is 2. The van der Waals surface area contributed by atoms with Crippen LogP contribution in [-0.4, -0.2) is 34.2 Å². The van der Waals surface area contributed by atoms with E-state index in [4.69, 9.17) is 14.5 Å². The van der Waals surface area contributed by atoms with Crippen LogP contribution in [-0.2, 0) is 20.7 Å². The molecule has 1 aliphatic rings. The number of ether oxygens (including phenoxy) is 2. The molecule has 0 aliphatic heterocycles. The van der Waals surface area contributed by atoms with Crippen molar-refractivity contribution in [1.29, 1.82) is 0 Å². The van der Waals surface area contributed by atoms with E-state index in [1.807, 2.05) is 20.8 Å². The Labute approximate surface area is 196 Å². The molecule has 0 radical (unpaired) electrons. The molecular formula is C26H27FN2O5. The summed E-state index contributed by atoms with van der Waals surface area (Å²) in [5, 5.41) is 0.334. The van der Waals surface area contributed by atoms with Gasteiger partial charge in [-0.3, -0.25) is 14.2 Å². The molecule has 7 nitrogen and oxygen atoms in total. The highest BCUT2D eigenvalue weighted by Crippen LogP contribution is 2.37. The third-order valence-electron chi connectivity index (χ3n) is 5.89. The normalized spacial score (nSPS) is 17.8. The average molecular weight is 467 g/mol. The number of benzene rings is 2. The molecule has 1 fully saturated rings. The Morgan fingerprint density at radius 3 is 2.41 bits per heavy atom. The number of carbonyl (C=O) groups excluding carboxylic acids is 2. The first kappa shape index (κ1) is 23.6. The van der Waals surface area contributed by atoms with E-state index in [0.717, 1.165) is 0 Å². The van der Waals surface area contributed by atoms with Crippen molar-refractivity contribution >= 4 is 22.8 Å². The standard InChI is InChI=1S/C26H27FN2O5/c1-26(2,3)34-25(32)17-11-15(12-17)13-22-28-21-14-16(24(31)33-4)5-10-20(21)23(30)29(22)19-8-6-18(27)7-9-19/h5-10,14-15,17H,11-13H2,1-4H3. The third-order valence-corrected chi connectivity index (χ3v) is 5.89. The lowest BCUT2D eigenvalue weighted by Gasteiger charge is -2.35. The Bertz CT molecular complexity index is 1300. The summed E-state index contributed by atoms with van der Waals surface area (Å²) in [5.74, 6) is -0.701. The largest absolute Gasteiger partial charge is 0.465 e. The highest BCUT2D eigenvalue weighted by atomic mass is 19.1. The molecule has 0 bridgehead atoms. The van der Waals surface area contributed by atoms with Crippen molar-refractivity contribution in [3.63, 3.8) is 0 Å². The van der Waals surface area contributed by atoms with E-state index in [0.29, 0.717) is 47.2 Å². The molecule has 2 aromatic carbocycles. The Balaban J connectivity index is 1.69. The number of halogens is 1. The van der Waals surface area contributed by atoms with Gasteiger partial charge in [0.25, 0.3) is 5.56 Å². The lowest BCUT2D eigenvalue weighted by molar-refractivity contribution is -0.164. The Morgan fingerprint density at radius 1 is 1.12 bits per heavy atom. The van der Waals surface area contributed by atoms with Gasteiger partial charge in [-0.15, -0.1) is 0 Å². The zero-order chi connectivity index (χ0) is 24.6. The highest BCUT2D eigenvalue weighted by molar-refractivity contribution is 5.94. The second-order valence-electron chi connectivity index (χ2n) is 9.64. The molecule has 34 heavy (non-hydrogen) atoms. The van der Waals surface area contributed by atoms with Crippen LogP contribution in [0.1, 0.15) is 49.8 Å². The first-order valence-corrected chi connectivity index (χ1v) is 11.2. The average Bonchev–Trinajstić information content (AvgIpc) is 2.74. The van der Waals surface area contributed by atoms with Crippen LogP contribution in [0.3, 0.4) is 0 Å². The first-order valence-electron chi connectivity index (χ1n) is 11.2. The van der Waals surface area contributed by atoms with Gasteiger partial charge in [0.2, 0.25) is 0 Å². The van der Waals surface area contributed by atoms with Crippen LogP contribution in [0.25, 0.3) is 16.6 Å². The molecule has 0 spiro atoms. The minimum Gasteiger partial charge on any atom is -0.465 e. The van der Waals surface area contributed by atoms with Gasteiger partial charge < -0.3 is 9.47 Å². The molecule has 0 amide bonds. The number of hydrogen-bond donors (Lipinski definition) is 0. The van der Waals surface area contributed by atoms with Crippen LogP contribution in [0.4, 0.5) is 4.39 Å². The molecule has 0 atom stereocenters. The van der Waals surface area contributed by atoms with Crippen molar-refractivity contribution in [3.05, 3.63) is 70.0 Å². The van der Waals surface area contributed by atoms with Crippen molar-refractivity contribution < 1.29 is 23.5 Å². The van der Waals surface area contributed by atoms with Gasteiger partial charge in [-0.25, -0.2) is 14.2 Å². The van der Waals surface area contributed by atoms with Crippen molar-refractivity contribution in [2.45, 2.75) is 45.6 Å². The van der Waals surface area contributed by atoms with E-state index >= 15 is 0 Å². The molecule has 4 rings (SSSR count). The van der Waals surface area contributed by atoms with Crippen LogP contribution in [0.2, 0.25) is 0 Å². The van der Waals surface area contributed by atoms with Gasteiger partial charge in [0.15, 0.2) is 0 Å². The summed E-state index contributed by atoms with van der Waals surface area (Å²) in [6.07, 6.45) is 1.72. The zero-order valence-electron chi connectivity index (χ0n) is 19.6. The molecule has 1 heterocycles. The summed E-state index contributed by atoms with van der Waals surface area (Å²) >= 11 is 0. The van der Waals surface area contributed by atoms with Gasteiger partial charge in [-0.05, 0) is 82.0 Å². The number of esters is 2. The van der Waals surface area contributed by atoms with Crippen LogP contribution in [0.15, 0.2) is 47.3 Å². The Hall–Kier alpha value is -3.55. The molecule has 3 aromatic rings. The van der Waals surface area contributed by atoms with Gasteiger partial charge in [0, 0.05) is 6.42 Å². The zero-order valence-corrected chi connectivity index (χ0v) is 19.6. The maximum atomic E-state index is 13.5. The second-order valence-corrected chi connectivity index (χ2v) is 9.64. The topological polar surface area (TPSA) is 87.5 Å². The van der Waals surface area contributed by atoms with Crippen LogP contribution < -0.4 is 5.56 Å².